The summed E-state index contributed by atoms with van der Waals surface area (Å²) in [6.07, 6.45) is 0. The fraction of sp³-hybridized carbons (Fsp3) is 0. The molecular formula is C21H14ClN2O3-. The summed E-state index contributed by atoms with van der Waals surface area (Å²) >= 11 is 0. The van der Waals surface area contributed by atoms with Crippen LogP contribution in [0.15, 0.2) is 78.9 Å². The Morgan fingerprint density at radius 2 is 1.56 bits per heavy atom. The van der Waals surface area contributed by atoms with Crippen molar-refractivity contribution in [3.63, 3.8) is 0 Å². The van der Waals surface area contributed by atoms with Crippen molar-refractivity contribution in [2.45, 2.75) is 0 Å². The van der Waals surface area contributed by atoms with E-state index in [1.165, 1.54) is 6.07 Å². The first-order chi connectivity index (χ1) is 12.6. The van der Waals surface area contributed by atoms with Gasteiger partial charge in [0.15, 0.2) is 0 Å². The van der Waals surface area contributed by atoms with E-state index in [1.807, 2.05) is 36.4 Å². The highest BCUT2D eigenvalue weighted by molar-refractivity contribution is 5.97. The minimum atomic E-state index is -0.401. The van der Waals surface area contributed by atoms with Crippen LogP contribution in [0, 0.1) is 10.1 Å². The van der Waals surface area contributed by atoms with Gasteiger partial charge in [0.2, 0.25) is 0 Å². The summed E-state index contributed by atoms with van der Waals surface area (Å²) in [6, 6.07) is 23.1. The number of phenolic OH excluding ortho intramolecular Hbond substituents is 1. The first-order valence-electron chi connectivity index (χ1n) is 8.06. The van der Waals surface area contributed by atoms with Gasteiger partial charge in [-0.05, 0) is 47.5 Å². The van der Waals surface area contributed by atoms with Crippen molar-refractivity contribution in [2.75, 3.05) is 0 Å². The van der Waals surface area contributed by atoms with Gasteiger partial charge < -0.3 is 17.5 Å². The summed E-state index contributed by atoms with van der Waals surface area (Å²) in [5.74, 6) is 0.188. The van der Waals surface area contributed by atoms with Crippen LogP contribution in [0.3, 0.4) is 0 Å². The third-order valence-corrected chi connectivity index (χ3v) is 4.25. The van der Waals surface area contributed by atoms with E-state index in [0.717, 1.165) is 27.8 Å². The molecule has 6 heteroatoms. The number of aromatic nitrogens is 1. The fourth-order valence-electron chi connectivity index (χ4n) is 2.96. The average Bonchev–Trinajstić information content (AvgIpc) is 2.68. The Morgan fingerprint density at radius 1 is 0.852 bits per heavy atom. The summed E-state index contributed by atoms with van der Waals surface area (Å²) in [7, 11) is 0. The molecule has 3 aromatic carbocycles. The maximum Gasteiger partial charge on any atom is 0.270 e. The van der Waals surface area contributed by atoms with Crippen molar-refractivity contribution in [3.8, 4) is 28.1 Å². The summed E-state index contributed by atoms with van der Waals surface area (Å²) in [4.78, 5) is 15.4. The van der Waals surface area contributed by atoms with Crippen LogP contribution in [0.4, 0.5) is 5.69 Å². The normalized spacial score (nSPS) is 10.4. The SMILES string of the molecule is O=[N+]([O-])c1ccc2nc(-c3ccc(O)cc3)cc(-c3ccccc3)c2c1.[Cl-]. The molecule has 27 heavy (non-hydrogen) atoms. The van der Waals surface area contributed by atoms with Gasteiger partial charge in [0.25, 0.3) is 5.69 Å². The van der Waals surface area contributed by atoms with Gasteiger partial charge in [0.05, 0.1) is 16.1 Å². The molecule has 0 fully saturated rings. The van der Waals surface area contributed by atoms with E-state index in [0.29, 0.717) is 5.52 Å². The number of nitro groups is 1. The predicted octanol–water partition coefficient (Wildman–Crippen LogP) is 2.19. The standard InChI is InChI=1S/C21H14N2O3.ClH/c24-17-9-6-15(7-10-17)21-13-18(14-4-2-1-3-5-14)19-12-16(23(25)26)8-11-20(19)22-21;/h1-13,24H;1H/p-1. The molecule has 0 atom stereocenters. The number of pyridine rings is 1. The molecule has 1 aromatic heterocycles. The molecule has 0 unspecified atom stereocenters. The number of halogens is 1. The van der Waals surface area contributed by atoms with Gasteiger partial charge in [0, 0.05) is 23.1 Å². The first-order valence-corrected chi connectivity index (χ1v) is 8.06. The largest absolute Gasteiger partial charge is 1.00 e. The molecule has 0 saturated heterocycles. The zero-order chi connectivity index (χ0) is 18.1. The fourth-order valence-corrected chi connectivity index (χ4v) is 2.96. The lowest BCUT2D eigenvalue weighted by molar-refractivity contribution is -0.384. The van der Waals surface area contributed by atoms with Gasteiger partial charge in [-0.25, -0.2) is 4.98 Å². The molecule has 0 bridgehead atoms. The highest BCUT2D eigenvalue weighted by Crippen LogP contribution is 2.34. The summed E-state index contributed by atoms with van der Waals surface area (Å²) in [5.41, 5.74) is 4.15. The summed E-state index contributed by atoms with van der Waals surface area (Å²) in [6.45, 7) is 0. The monoisotopic (exact) mass is 377 g/mol. The van der Waals surface area contributed by atoms with Crippen molar-refractivity contribution in [1.29, 1.82) is 0 Å². The number of benzene rings is 3. The molecule has 0 radical (unpaired) electrons. The van der Waals surface area contributed by atoms with Crippen LogP contribution < -0.4 is 12.4 Å². The second kappa shape index (κ2) is 7.43. The zero-order valence-corrected chi connectivity index (χ0v) is 14.8. The second-order valence-electron chi connectivity index (χ2n) is 5.93. The number of hydrogen-bond acceptors (Lipinski definition) is 4. The third kappa shape index (κ3) is 3.59. The van der Waals surface area contributed by atoms with Gasteiger partial charge in [-0.3, -0.25) is 10.1 Å². The Morgan fingerprint density at radius 3 is 2.22 bits per heavy atom. The highest BCUT2D eigenvalue weighted by Gasteiger charge is 2.13. The molecule has 0 aliphatic rings. The lowest BCUT2D eigenvalue weighted by atomic mass is 9.98. The molecule has 1 N–H and O–H groups in total. The number of aromatic hydroxyl groups is 1. The molecule has 0 amide bonds. The molecule has 1 heterocycles. The van der Waals surface area contributed by atoms with Crippen LogP contribution >= 0.6 is 0 Å². The van der Waals surface area contributed by atoms with Crippen molar-refractivity contribution < 1.29 is 22.4 Å². The van der Waals surface area contributed by atoms with Crippen molar-refractivity contribution in [1.82, 2.24) is 4.98 Å². The summed E-state index contributed by atoms with van der Waals surface area (Å²) < 4.78 is 0. The van der Waals surface area contributed by atoms with E-state index in [9.17, 15) is 15.2 Å². The van der Waals surface area contributed by atoms with E-state index < -0.39 is 4.92 Å². The lowest BCUT2D eigenvalue weighted by Gasteiger charge is -2.10. The molecule has 0 saturated carbocycles. The number of nitro benzene ring substituents is 1. The van der Waals surface area contributed by atoms with Crippen LogP contribution in [0.2, 0.25) is 0 Å². The first kappa shape index (κ1) is 18.4. The number of non-ortho nitro benzene ring substituents is 1. The average molecular weight is 378 g/mol. The van der Waals surface area contributed by atoms with Crippen molar-refractivity contribution in [3.05, 3.63) is 89.0 Å². The molecule has 4 rings (SSSR count). The number of rotatable bonds is 3. The van der Waals surface area contributed by atoms with Crippen LogP contribution in [0.1, 0.15) is 0 Å². The minimum absolute atomic E-state index is 0. The van der Waals surface area contributed by atoms with Gasteiger partial charge in [-0.1, -0.05) is 30.3 Å². The topological polar surface area (TPSA) is 76.3 Å². The smallest absolute Gasteiger partial charge is 0.270 e. The molecule has 0 spiro atoms. The van der Waals surface area contributed by atoms with E-state index in [2.05, 4.69) is 4.98 Å². The van der Waals surface area contributed by atoms with E-state index in [1.54, 1.807) is 36.4 Å². The Balaban J connectivity index is 0.00000210. The van der Waals surface area contributed by atoms with Gasteiger partial charge in [-0.15, -0.1) is 0 Å². The Kier molecular flexibility index (Phi) is 5.05. The molecule has 0 aliphatic carbocycles. The lowest BCUT2D eigenvalue weighted by Crippen LogP contribution is -3.00. The van der Waals surface area contributed by atoms with Crippen molar-refractivity contribution in [2.24, 2.45) is 0 Å². The molecule has 4 aromatic rings. The molecule has 0 aliphatic heterocycles. The number of nitrogens with zero attached hydrogens (tertiary/aromatic N) is 2. The highest BCUT2D eigenvalue weighted by atomic mass is 35.5. The molecule has 134 valence electrons. The second-order valence-corrected chi connectivity index (χ2v) is 5.93. The predicted molar refractivity (Wildman–Crippen MR) is 101 cm³/mol. The Labute approximate surface area is 161 Å². The van der Waals surface area contributed by atoms with Crippen LogP contribution in [-0.2, 0) is 0 Å². The Hall–Kier alpha value is -3.44. The van der Waals surface area contributed by atoms with Crippen molar-refractivity contribution >= 4 is 16.6 Å². The Bertz CT molecular complexity index is 1110. The maximum atomic E-state index is 11.2. The summed E-state index contributed by atoms with van der Waals surface area (Å²) in [5, 5.41) is 21.4. The number of fused-ring (bicyclic) bond motifs is 1. The van der Waals surface area contributed by atoms with Crippen LogP contribution in [0.5, 0.6) is 5.75 Å². The van der Waals surface area contributed by atoms with E-state index >= 15 is 0 Å². The zero-order valence-electron chi connectivity index (χ0n) is 14.0. The molecular weight excluding hydrogens is 364 g/mol. The van der Waals surface area contributed by atoms with Gasteiger partial charge >= 0.3 is 0 Å². The van der Waals surface area contributed by atoms with E-state index in [-0.39, 0.29) is 23.8 Å². The van der Waals surface area contributed by atoms with Gasteiger partial charge in [0.1, 0.15) is 5.75 Å². The van der Waals surface area contributed by atoms with Gasteiger partial charge in [-0.2, -0.15) is 0 Å². The maximum absolute atomic E-state index is 11.2. The molecule has 5 nitrogen and oxygen atoms in total. The number of hydrogen-bond donors (Lipinski definition) is 1. The minimum Gasteiger partial charge on any atom is -1.00 e. The third-order valence-electron chi connectivity index (χ3n) is 4.25. The quantitative estimate of drug-likeness (QED) is 0.438. The van der Waals surface area contributed by atoms with Crippen LogP contribution in [-0.4, -0.2) is 15.0 Å². The van der Waals surface area contributed by atoms with Crippen LogP contribution in [0.25, 0.3) is 33.3 Å². The number of phenols is 1. The van der Waals surface area contributed by atoms with E-state index in [4.69, 9.17) is 0 Å².